The molecule has 0 bridgehead atoms. The highest BCUT2D eigenvalue weighted by molar-refractivity contribution is 9.10. The van der Waals surface area contributed by atoms with Crippen LogP contribution in [0.5, 0.6) is 0 Å². The first-order chi connectivity index (χ1) is 8.77. The van der Waals surface area contributed by atoms with Crippen molar-refractivity contribution in [1.29, 1.82) is 0 Å². The molecule has 100 valence electrons. The fourth-order valence-corrected chi connectivity index (χ4v) is 4.82. The summed E-state index contributed by atoms with van der Waals surface area (Å²) >= 11 is 5.62. The molecule has 0 unspecified atom stereocenters. The molecule has 2 fully saturated rings. The van der Waals surface area contributed by atoms with Gasteiger partial charge < -0.3 is 5.32 Å². The third-order valence-electron chi connectivity index (χ3n) is 4.48. The molecule has 0 saturated heterocycles. The molecule has 0 radical (unpaired) electrons. The van der Waals surface area contributed by atoms with Crippen LogP contribution in [0.4, 0.5) is 0 Å². The summed E-state index contributed by atoms with van der Waals surface area (Å²) in [4.78, 5) is 1.55. The van der Waals surface area contributed by atoms with E-state index in [1.54, 1.807) is 4.88 Å². The summed E-state index contributed by atoms with van der Waals surface area (Å²) < 4.78 is 1.32. The molecule has 18 heavy (non-hydrogen) atoms. The molecule has 1 aromatic heterocycles. The molecule has 2 saturated carbocycles. The van der Waals surface area contributed by atoms with Gasteiger partial charge in [-0.15, -0.1) is 11.3 Å². The first-order valence-corrected chi connectivity index (χ1v) is 8.90. The second-order valence-electron chi connectivity index (χ2n) is 6.08. The van der Waals surface area contributed by atoms with Crippen molar-refractivity contribution in [2.24, 2.45) is 5.41 Å². The molecule has 0 spiro atoms. The maximum atomic E-state index is 3.79. The Hall–Kier alpha value is 0.140. The predicted molar refractivity (Wildman–Crippen MR) is 82.3 cm³/mol. The molecular weight excluding hydrogens is 306 g/mol. The van der Waals surface area contributed by atoms with Gasteiger partial charge in [-0.25, -0.2) is 0 Å². The van der Waals surface area contributed by atoms with Gasteiger partial charge in [0.05, 0.1) is 0 Å². The van der Waals surface area contributed by atoms with E-state index in [4.69, 9.17) is 0 Å². The molecule has 1 heterocycles. The van der Waals surface area contributed by atoms with Crippen molar-refractivity contribution < 1.29 is 0 Å². The van der Waals surface area contributed by atoms with Crippen molar-refractivity contribution >= 4 is 27.3 Å². The number of halogens is 1. The van der Waals surface area contributed by atoms with Crippen LogP contribution < -0.4 is 5.32 Å². The van der Waals surface area contributed by atoms with Crippen LogP contribution in [0.15, 0.2) is 15.9 Å². The predicted octanol–water partition coefficient (Wildman–Crippen LogP) is 4.76. The fourth-order valence-electron chi connectivity index (χ4n) is 3.16. The first-order valence-electron chi connectivity index (χ1n) is 7.23. The Morgan fingerprint density at radius 2 is 2.06 bits per heavy atom. The lowest BCUT2D eigenvalue weighted by Gasteiger charge is -2.37. The van der Waals surface area contributed by atoms with Gasteiger partial charge in [-0.2, -0.15) is 0 Å². The van der Waals surface area contributed by atoms with Crippen molar-refractivity contribution in [3.05, 3.63) is 20.8 Å². The molecule has 2 aliphatic carbocycles. The number of hydrogen-bond acceptors (Lipinski definition) is 2. The van der Waals surface area contributed by atoms with Crippen LogP contribution in [-0.4, -0.2) is 12.6 Å². The Morgan fingerprint density at radius 3 is 2.67 bits per heavy atom. The molecule has 1 aromatic rings. The van der Waals surface area contributed by atoms with E-state index in [2.05, 4.69) is 32.7 Å². The summed E-state index contributed by atoms with van der Waals surface area (Å²) in [5, 5.41) is 6.00. The second-order valence-corrected chi connectivity index (χ2v) is 7.94. The molecule has 0 atom stereocenters. The van der Waals surface area contributed by atoms with Gasteiger partial charge in [-0.05, 0) is 64.9 Å². The Morgan fingerprint density at radius 1 is 1.28 bits per heavy atom. The largest absolute Gasteiger partial charge is 0.313 e. The first kappa shape index (κ1) is 13.1. The minimum Gasteiger partial charge on any atom is -0.313 e. The summed E-state index contributed by atoms with van der Waals surface area (Å²) in [5.41, 5.74) is 0.536. The topological polar surface area (TPSA) is 12.0 Å². The smallest absolute Gasteiger partial charge is 0.0314 e. The standard InChI is InChI=1S/C15H22BrNS/c16-13-6-9-18-14(13)10-15(7-2-1-3-8-15)11-17-12-4-5-12/h6,9,12,17H,1-5,7-8,10-11H2. The average Bonchev–Trinajstić information content (AvgIpc) is 3.14. The van der Waals surface area contributed by atoms with E-state index in [1.165, 1.54) is 62.4 Å². The Bertz CT molecular complexity index is 391. The van der Waals surface area contributed by atoms with Gasteiger partial charge in [0.15, 0.2) is 0 Å². The zero-order chi connectivity index (χ0) is 12.4. The molecular formula is C15H22BrNS. The van der Waals surface area contributed by atoms with Gasteiger partial charge in [0, 0.05) is 21.9 Å². The highest BCUT2D eigenvalue weighted by Gasteiger charge is 2.34. The highest BCUT2D eigenvalue weighted by atomic mass is 79.9. The number of thiophene rings is 1. The number of nitrogens with one attached hydrogen (secondary N) is 1. The lowest BCUT2D eigenvalue weighted by atomic mass is 9.71. The van der Waals surface area contributed by atoms with Crippen molar-refractivity contribution in [2.45, 2.75) is 57.4 Å². The molecule has 2 aliphatic rings. The van der Waals surface area contributed by atoms with Gasteiger partial charge in [-0.1, -0.05) is 19.3 Å². The van der Waals surface area contributed by atoms with E-state index in [-0.39, 0.29) is 0 Å². The molecule has 0 aliphatic heterocycles. The van der Waals surface area contributed by atoms with Crippen molar-refractivity contribution in [1.82, 2.24) is 5.32 Å². The zero-order valence-corrected chi connectivity index (χ0v) is 13.3. The van der Waals surface area contributed by atoms with Crippen LogP contribution in [0.1, 0.15) is 49.8 Å². The van der Waals surface area contributed by atoms with Crippen molar-refractivity contribution in [3.8, 4) is 0 Å². The highest BCUT2D eigenvalue weighted by Crippen LogP contribution is 2.41. The molecule has 3 heteroatoms. The number of hydrogen-bond donors (Lipinski definition) is 1. The van der Waals surface area contributed by atoms with Crippen LogP contribution in [0.25, 0.3) is 0 Å². The maximum Gasteiger partial charge on any atom is 0.0314 e. The van der Waals surface area contributed by atoms with E-state index in [1.807, 2.05) is 11.3 Å². The lowest BCUT2D eigenvalue weighted by molar-refractivity contribution is 0.181. The van der Waals surface area contributed by atoms with E-state index < -0.39 is 0 Å². The Balaban J connectivity index is 1.69. The van der Waals surface area contributed by atoms with Gasteiger partial charge in [0.25, 0.3) is 0 Å². The molecule has 1 nitrogen and oxygen atoms in total. The Kier molecular flexibility index (Phi) is 4.12. The van der Waals surface area contributed by atoms with E-state index in [0.717, 1.165) is 6.04 Å². The summed E-state index contributed by atoms with van der Waals surface area (Å²) in [6.45, 7) is 1.24. The average molecular weight is 328 g/mol. The van der Waals surface area contributed by atoms with Gasteiger partial charge in [0.2, 0.25) is 0 Å². The van der Waals surface area contributed by atoms with Crippen molar-refractivity contribution in [2.75, 3.05) is 6.54 Å². The number of rotatable bonds is 5. The summed E-state index contributed by atoms with van der Waals surface area (Å²) in [6.07, 6.45) is 11.2. The monoisotopic (exact) mass is 327 g/mol. The summed E-state index contributed by atoms with van der Waals surface area (Å²) in [5.74, 6) is 0. The van der Waals surface area contributed by atoms with E-state index in [9.17, 15) is 0 Å². The minimum absolute atomic E-state index is 0.536. The maximum absolute atomic E-state index is 3.79. The van der Waals surface area contributed by atoms with Gasteiger partial charge in [-0.3, -0.25) is 0 Å². The van der Waals surface area contributed by atoms with Crippen LogP contribution in [0, 0.1) is 5.41 Å². The summed E-state index contributed by atoms with van der Waals surface area (Å²) in [7, 11) is 0. The van der Waals surface area contributed by atoms with Crippen LogP contribution in [-0.2, 0) is 6.42 Å². The molecule has 0 amide bonds. The van der Waals surface area contributed by atoms with Crippen LogP contribution in [0.3, 0.4) is 0 Å². The SMILES string of the molecule is Brc1ccsc1CC1(CNC2CC2)CCCCC1. The van der Waals surface area contributed by atoms with Gasteiger partial charge >= 0.3 is 0 Å². The third kappa shape index (κ3) is 3.17. The van der Waals surface area contributed by atoms with Gasteiger partial charge in [0.1, 0.15) is 0 Å². The second kappa shape index (κ2) is 5.64. The van der Waals surface area contributed by atoms with Crippen molar-refractivity contribution in [3.63, 3.8) is 0 Å². The quantitative estimate of drug-likeness (QED) is 0.822. The molecule has 0 aromatic carbocycles. The van der Waals surface area contributed by atoms with E-state index in [0.29, 0.717) is 5.41 Å². The fraction of sp³-hybridized carbons (Fsp3) is 0.733. The normalized spacial score (nSPS) is 23.2. The molecule has 3 rings (SSSR count). The third-order valence-corrected chi connectivity index (χ3v) is 6.41. The zero-order valence-electron chi connectivity index (χ0n) is 10.9. The lowest BCUT2D eigenvalue weighted by Crippen LogP contribution is -2.38. The Labute approximate surface area is 122 Å². The van der Waals surface area contributed by atoms with Crippen LogP contribution >= 0.6 is 27.3 Å². The van der Waals surface area contributed by atoms with Crippen LogP contribution in [0.2, 0.25) is 0 Å². The minimum atomic E-state index is 0.536. The van der Waals surface area contributed by atoms with E-state index >= 15 is 0 Å². The summed E-state index contributed by atoms with van der Waals surface area (Å²) in [6, 6.07) is 3.04. The molecule has 1 N–H and O–H groups in total.